The van der Waals surface area contributed by atoms with E-state index < -0.39 is 0 Å². The monoisotopic (exact) mass is 441 g/mol. The Morgan fingerprint density at radius 2 is 1.78 bits per heavy atom. The van der Waals surface area contributed by atoms with Gasteiger partial charge in [-0.1, -0.05) is 0 Å². The highest BCUT2D eigenvalue weighted by atomic mass is 16.5. The largest absolute Gasteiger partial charge is 0.497 e. The van der Waals surface area contributed by atoms with Gasteiger partial charge in [-0.05, 0) is 57.1 Å². The number of hydrogen-bond donors (Lipinski definition) is 2. The molecule has 2 N–H and O–H groups in total. The first-order chi connectivity index (χ1) is 15.3. The SMILES string of the molecule is COCCCNC(=O)CN(C)CC(=O)Nc1c(C#N)c(C)c(C)n1-c1ccc(OC)cc1. The molecule has 1 heterocycles. The van der Waals surface area contributed by atoms with Crippen LogP contribution in [-0.2, 0) is 14.3 Å². The van der Waals surface area contributed by atoms with Crippen LogP contribution < -0.4 is 15.4 Å². The van der Waals surface area contributed by atoms with E-state index in [0.29, 0.717) is 30.3 Å². The maximum absolute atomic E-state index is 12.7. The highest BCUT2D eigenvalue weighted by Crippen LogP contribution is 2.30. The Bertz CT molecular complexity index is 976. The molecular formula is C23H31N5O4. The van der Waals surface area contributed by atoms with Crippen molar-refractivity contribution in [3.05, 3.63) is 41.1 Å². The van der Waals surface area contributed by atoms with Gasteiger partial charge in [0.1, 0.15) is 17.6 Å². The first-order valence-corrected chi connectivity index (χ1v) is 10.3. The molecule has 0 saturated heterocycles. The second kappa shape index (κ2) is 11.9. The number of nitrogens with one attached hydrogen (secondary N) is 2. The number of carbonyl (C=O) groups excluding carboxylic acids is 2. The van der Waals surface area contributed by atoms with Crippen molar-refractivity contribution in [2.24, 2.45) is 0 Å². The molecule has 32 heavy (non-hydrogen) atoms. The van der Waals surface area contributed by atoms with Crippen LogP contribution in [0.5, 0.6) is 5.75 Å². The summed E-state index contributed by atoms with van der Waals surface area (Å²) in [4.78, 5) is 26.4. The van der Waals surface area contributed by atoms with E-state index in [1.165, 1.54) is 0 Å². The maximum atomic E-state index is 12.7. The number of ether oxygens (including phenoxy) is 2. The third-order valence-electron chi connectivity index (χ3n) is 5.09. The topological polar surface area (TPSA) is 109 Å². The summed E-state index contributed by atoms with van der Waals surface area (Å²) in [6.07, 6.45) is 0.727. The van der Waals surface area contributed by atoms with E-state index in [2.05, 4.69) is 16.7 Å². The Morgan fingerprint density at radius 1 is 1.12 bits per heavy atom. The van der Waals surface area contributed by atoms with Crippen LogP contribution in [0.1, 0.15) is 23.2 Å². The van der Waals surface area contributed by atoms with Gasteiger partial charge in [-0.15, -0.1) is 0 Å². The molecule has 0 spiro atoms. The van der Waals surface area contributed by atoms with Crippen molar-refractivity contribution in [3.63, 3.8) is 0 Å². The maximum Gasteiger partial charge on any atom is 0.239 e. The van der Waals surface area contributed by atoms with E-state index >= 15 is 0 Å². The summed E-state index contributed by atoms with van der Waals surface area (Å²) < 4.78 is 12.0. The predicted molar refractivity (Wildman–Crippen MR) is 122 cm³/mol. The molecule has 2 amide bonds. The van der Waals surface area contributed by atoms with Crippen molar-refractivity contribution < 1.29 is 19.1 Å². The lowest BCUT2D eigenvalue weighted by Crippen LogP contribution is -2.39. The van der Waals surface area contributed by atoms with E-state index in [-0.39, 0.29) is 24.9 Å². The van der Waals surface area contributed by atoms with Gasteiger partial charge in [-0.25, -0.2) is 0 Å². The number of rotatable bonds is 11. The van der Waals surface area contributed by atoms with Gasteiger partial charge >= 0.3 is 0 Å². The first kappa shape index (κ1) is 24.9. The Labute approximate surface area is 188 Å². The summed E-state index contributed by atoms with van der Waals surface area (Å²) in [7, 11) is 4.90. The van der Waals surface area contributed by atoms with Gasteiger partial charge in [0, 0.05) is 31.6 Å². The van der Waals surface area contributed by atoms with Gasteiger partial charge in [0.2, 0.25) is 11.8 Å². The van der Waals surface area contributed by atoms with E-state index in [4.69, 9.17) is 9.47 Å². The van der Waals surface area contributed by atoms with E-state index in [1.54, 1.807) is 26.2 Å². The van der Waals surface area contributed by atoms with Crippen molar-refractivity contribution in [1.29, 1.82) is 5.26 Å². The lowest BCUT2D eigenvalue weighted by Gasteiger charge is -2.17. The smallest absolute Gasteiger partial charge is 0.239 e. The van der Waals surface area contributed by atoms with Crippen LogP contribution in [-0.4, -0.2) is 68.8 Å². The van der Waals surface area contributed by atoms with Crippen LogP contribution >= 0.6 is 0 Å². The van der Waals surface area contributed by atoms with Crippen LogP contribution in [0.15, 0.2) is 24.3 Å². The van der Waals surface area contributed by atoms with Gasteiger partial charge < -0.3 is 20.1 Å². The molecule has 0 aliphatic carbocycles. The van der Waals surface area contributed by atoms with Crippen molar-refractivity contribution in [2.75, 3.05) is 52.8 Å². The summed E-state index contributed by atoms with van der Waals surface area (Å²) in [5.41, 5.74) is 2.85. The normalized spacial score (nSPS) is 10.7. The highest BCUT2D eigenvalue weighted by Gasteiger charge is 2.21. The first-order valence-electron chi connectivity index (χ1n) is 10.3. The van der Waals surface area contributed by atoms with Crippen molar-refractivity contribution in [3.8, 4) is 17.5 Å². The molecule has 0 unspecified atom stereocenters. The van der Waals surface area contributed by atoms with E-state index in [0.717, 1.165) is 23.4 Å². The number of hydrogen-bond acceptors (Lipinski definition) is 6. The quantitative estimate of drug-likeness (QED) is 0.517. The second-order valence-electron chi connectivity index (χ2n) is 7.50. The zero-order chi connectivity index (χ0) is 23.7. The van der Waals surface area contributed by atoms with Crippen LogP contribution in [0.3, 0.4) is 0 Å². The van der Waals surface area contributed by atoms with Gasteiger partial charge in [0.25, 0.3) is 0 Å². The molecule has 1 aromatic carbocycles. The minimum Gasteiger partial charge on any atom is -0.497 e. The fourth-order valence-corrected chi connectivity index (χ4v) is 3.33. The Balaban J connectivity index is 2.12. The minimum absolute atomic E-state index is 0.00223. The van der Waals surface area contributed by atoms with Crippen molar-refractivity contribution >= 4 is 17.6 Å². The molecule has 0 atom stereocenters. The van der Waals surface area contributed by atoms with E-state index in [9.17, 15) is 14.9 Å². The molecule has 172 valence electrons. The zero-order valence-electron chi connectivity index (χ0n) is 19.3. The summed E-state index contributed by atoms with van der Waals surface area (Å²) in [6.45, 7) is 4.93. The summed E-state index contributed by atoms with van der Waals surface area (Å²) in [5.74, 6) is 0.643. The Hall–Kier alpha value is -3.35. The molecule has 0 aliphatic rings. The van der Waals surface area contributed by atoms with Gasteiger partial charge in [0.15, 0.2) is 0 Å². The molecule has 1 aromatic heterocycles. The number of aromatic nitrogens is 1. The second-order valence-corrected chi connectivity index (χ2v) is 7.50. The number of nitriles is 1. The van der Waals surface area contributed by atoms with Gasteiger partial charge in [0.05, 0.1) is 25.8 Å². The Kier molecular flexibility index (Phi) is 9.25. The number of benzene rings is 1. The highest BCUT2D eigenvalue weighted by molar-refractivity contribution is 5.94. The van der Waals surface area contributed by atoms with Gasteiger partial charge in [-0.3, -0.25) is 19.1 Å². The molecule has 0 fully saturated rings. The number of amides is 2. The van der Waals surface area contributed by atoms with Gasteiger partial charge in [-0.2, -0.15) is 5.26 Å². The molecule has 0 saturated carbocycles. The van der Waals surface area contributed by atoms with Crippen molar-refractivity contribution in [2.45, 2.75) is 20.3 Å². The number of methoxy groups -OCH3 is 2. The predicted octanol–water partition coefficient (Wildman–Crippen LogP) is 2.00. The minimum atomic E-state index is -0.316. The average molecular weight is 442 g/mol. The zero-order valence-corrected chi connectivity index (χ0v) is 19.3. The molecule has 9 nitrogen and oxygen atoms in total. The Morgan fingerprint density at radius 3 is 2.38 bits per heavy atom. The molecule has 2 aromatic rings. The van der Waals surface area contributed by atoms with Crippen LogP contribution in [0.2, 0.25) is 0 Å². The third kappa shape index (κ3) is 6.33. The molecule has 9 heteroatoms. The van der Waals surface area contributed by atoms with Crippen molar-refractivity contribution in [1.82, 2.24) is 14.8 Å². The summed E-state index contributed by atoms with van der Waals surface area (Å²) in [5, 5.41) is 15.3. The molecule has 2 rings (SSSR count). The molecule has 0 aliphatic heterocycles. The molecule has 0 radical (unpaired) electrons. The summed E-state index contributed by atoms with van der Waals surface area (Å²) >= 11 is 0. The lowest BCUT2D eigenvalue weighted by molar-refractivity contribution is -0.123. The number of carbonyl (C=O) groups is 2. The fraction of sp³-hybridized carbons (Fsp3) is 0.435. The average Bonchev–Trinajstić information content (AvgIpc) is 3.00. The fourth-order valence-electron chi connectivity index (χ4n) is 3.33. The standard InChI is InChI=1S/C23H31N5O4/c1-16-17(2)28(18-7-9-19(32-5)10-8-18)23(20(16)13-24)26-22(30)15-27(3)14-21(29)25-11-6-12-31-4/h7-10H,6,11-12,14-15H2,1-5H3,(H,25,29)(H,26,30). The third-order valence-corrected chi connectivity index (χ3v) is 5.09. The van der Waals surface area contributed by atoms with Crippen LogP contribution in [0.25, 0.3) is 5.69 Å². The van der Waals surface area contributed by atoms with Crippen LogP contribution in [0.4, 0.5) is 5.82 Å². The number of nitrogens with zero attached hydrogens (tertiary/aromatic N) is 3. The number of likely N-dealkylation sites (N-methyl/N-ethyl adjacent to an activating group) is 1. The molecule has 0 bridgehead atoms. The van der Waals surface area contributed by atoms with E-state index in [1.807, 2.05) is 42.7 Å². The lowest BCUT2D eigenvalue weighted by atomic mass is 10.2. The summed E-state index contributed by atoms with van der Waals surface area (Å²) in [6, 6.07) is 9.56. The molecular weight excluding hydrogens is 410 g/mol. The van der Waals surface area contributed by atoms with Crippen LogP contribution in [0, 0.1) is 25.2 Å². The number of anilines is 1.